The number of Topliss-reactive ketones (excluding diaryl/α,β-unsaturated/α-hetero) is 1. The van der Waals surface area contributed by atoms with Crippen LogP contribution in [0.15, 0.2) is 12.2 Å². The van der Waals surface area contributed by atoms with Crippen molar-refractivity contribution in [2.24, 2.45) is 34.0 Å². The zero-order chi connectivity index (χ0) is 26.2. The summed E-state index contributed by atoms with van der Waals surface area (Å²) < 4.78 is 17.3. The minimum Gasteiger partial charge on any atom is -0.462 e. The van der Waals surface area contributed by atoms with Gasteiger partial charge in [-0.15, -0.1) is 0 Å². The second kappa shape index (κ2) is 8.13. The Morgan fingerprint density at radius 3 is 2.03 bits per heavy atom. The monoisotopic (exact) mass is 492 g/mol. The number of allylic oxidation sites excluding steroid dienone is 1. The number of fused-ring (bicyclic) bond motifs is 3. The van der Waals surface area contributed by atoms with Crippen molar-refractivity contribution < 1.29 is 43.6 Å². The van der Waals surface area contributed by atoms with Gasteiger partial charge in [-0.25, -0.2) is 0 Å². The van der Waals surface area contributed by atoms with E-state index in [0.29, 0.717) is 12.0 Å². The first-order chi connectivity index (χ1) is 16.1. The van der Waals surface area contributed by atoms with Crippen molar-refractivity contribution >= 4 is 23.7 Å². The summed E-state index contributed by atoms with van der Waals surface area (Å²) in [4.78, 5) is 50.6. The lowest BCUT2D eigenvalue weighted by molar-refractivity contribution is -0.308. The molecule has 0 saturated heterocycles. The van der Waals surface area contributed by atoms with E-state index in [1.54, 1.807) is 6.92 Å². The van der Waals surface area contributed by atoms with Crippen molar-refractivity contribution in [2.45, 2.75) is 91.3 Å². The number of aliphatic hydroxyl groups excluding tert-OH is 2. The van der Waals surface area contributed by atoms with Crippen LogP contribution in [0.1, 0.15) is 60.8 Å². The van der Waals surface area contributed by atoms with Crippen LogP contribution >= 0.6 is 0 Å². The Hall–Kier alpha value is -2.26. The van der Waals surface area contributed by atoms with Gasteiger partial charge >= 0.3 is 17.9 Å². The third-order valence-corrected chi connectivity index (χ3v) is 9.42. The predicted molar refractivity (Wildman–Crippen MR) is 121 cm³/mol. The number of ketones is 1. The quantitative estimate of drug-likeness (QED) is 0.343. The molecule has 0 heterocycles. The number of ether oxygens (including phenoxy) is 3. The number of carbonyl (C=O) groups is 4. The smallest absolute Gasteiger partial charge is 0.303 e. The molecule has 0 aromatic heterocycles. The van der Waals surface area contributed by atoms with E-state index in [1.807, 2.05) is 13.8 Å². The Bertz CT molecular complexity index is 985. The van der Waals surface area contributed by atoms with Gasteiger partial charge in [0.2, 0.25) is 0 Å². The maximum Gasteiger partial charge on any atom is 0.303 e. The van der Waals surface area contributed by atoms with Crippen LogP contribution in [-0.2, 0) is 33.4 Å². The molecule has 0 unspecified atom stereocenters. The van der Waals surface area contributed by atoms with Crippen LogP contribution in [0, 0.1) is 34.0 Å². The third-order valence-electron chi connectivity index (χ3n) is 9.42. The molecule has 194 valence electrons. The zero-order valence-corrected chi connectivity index (χ0v) is 21.2. The molecule has 0 radical (unpaired) electrons. The molecule has 2 N–H and O–H groups in total. The van der Waals surface area contributed by atoms with Crippen molar-refractivity contribution in [1.29, 1.82) is 0 Å². The highest BCUT2D eigenvalue weighted by atomic mass is 16.6. The van der Waals surface area contributed by atoms with Gasteiger partial charge in [0.25, 0.3) is 0 Å². The van der Waals surface area contributed by atoms with Crippen LogP contribution in [0.3, 0.4) is 0 Å². The lowest BCUT2D eigenvalue weighted by Gasteiger charge is -2.69. The second-order valence-electron chi connectivity index (χ2n) is 11.7. The molecule has 0 aromatic rings. The summed E-state index contributed by atoms with van der Waals surface area (Å²) >= 11 is 0. The number of hydrogen-bond acceptors (Lipinski definition) is 9. The standard InChI is InChI=1S/C26H36O9/c1-11-15-8-16(30)20-25(7)17(31)9-18(33-12(2)27)24(5,6)21(25)19(34-13(3)28)23(35-14(4)29)26(20,10-15)22(11)32/h15-21,23,30-31H,1,8-10H2,2-7H3/t15-,16+,17+,18+,19-,20+,21-,23+,25+,26+/m1/s1. The number of aliphatic hydroxyl groups is 2. The lowest BCUT2D eigenvalue weighted by Crippen LogP contribution is -2.77. The zero-order valence-electron chi connectivity index (χ0n) is 21.2. The molecular weight excluding hydrogens is 456 g/mol. The number of hydrogen-bond donors (Lipinski definition) is 2. The Morgan fingerprint density at radius 2 is 1.49 bits per heavy atom. The van der Waals surface area contributed by atoms with E-state index in [1.165, 1.54) is 20.8 Å². The van der Waals surface area contributed by atoms with E-state index < -0.39 is 76.5 Å². The van der Waals surface area contributed by atoms with Crippen LogP contribution in [0.2, 0.25) is 0 Å². The van der Waals surface area contributed by atoms with E-state index >= 15 is 0 Å². The van der Waals surface area contributed by atoms with E-state index in [0.717, 1.165) is 0 Å². The Morgan fingerprint density at radius 1 is 0.914 bits per heavy atom. The minimum absolute atomic E-state index is 0.0858. The first-order valence-corrected chi connectivity index (χ1v) is 12.2. The van der Waals surface area contributed by atoms with Crippen LogP contribution < -0.4 is 0 Å². The molecule has 0 aromatic carbocycles. The van der Waals surface area contributed by atoms with Crippen molar-refractivity contribution in [3.05, 3.63) is 12.2 Å². The molecule has 4 aliphatic rings. The number of rotatable bonds is 3. The molecule has 9 heteroatoms. The summed E-state index contributed by atoms with van der Waals surface area (Å²) in [5.74, 6) is -3.95. The van der Waals surface area contributed by atoms with E-state index in [-0.39, 0.29) is 24.5 Å². The SMILES string of the molecule is C=C1C(=O)[C@]23C[C@H]1C[C@H](O)[C@H]2[C@@]1(C)[C@H]([C@@H](OC(C)=O)[C@@H]3OC(C)=O)C(C)(C)[C@@H](OC(C)=O)C[C@@H]1O. The van der Waals surface area contributed by atoms with Crippen molar-refractivity contribution in [3.63, 3.8) is 0 Å². The summed E-state index contributed by atoms with van der Waals surface area (Å²) in [5.41, 5.74) is -3.06. The third kappa shape index (κ3) is 3.41. The van der Waals surface area contributed by atoms with E-state index in [2.05, 4.69) is 6.58 Å². The van der Waals surface area contributed by atoms with Gasteiger partial charge in [0, 0.05) is 49.9 Å². The molecular formula is C26H36O9. The van der Waals surface area contributed by atoms with Crippen molar-refractivity contribution in [3.8, 4) is 0 Å². The highest BCUT2D eigenvalue weighted by molar-refractivity contribution is 6.04. The molecule has 10 atom stereocenters. The second-order valence-corrected chi connectivity index (χ2v) is 11.7. The average molecular weight is 493 g/mol. The molecule has 2 bridgehead atoms. The Balaban J connectivity index is 2.01. The van der Waals surface area contributed by atoms with Crippen molar-refractivity contribution in [1.82, 2.24) is 0 Å². The molecule has 4 aliphatic carbocycles. The van der Waals surface area contributed by atoms with Gasteiger partial charge in [-0.05, 0) is 24.3 Å². The van der Waals surface area contributed by atoms with Crippen LogP contribution in [-0.4, -0.2) is 64.4 Å². The highest BCUT2D eigenvalue weighted by Crippen LogP contribution is 2.72. The number of esters is 3. The molecule has 0 amide bonds. The highest BCUT2D eigenvalue weighted by Gasteiger charge is 2.79. The minimum atomic E-state index is -1.40. The van der Waals surface area contributed by atoms with Gasteiger partial charge in [-0.3, -0.25) is 19.2 Å². The van der Waals surface area contributed by atoms with Crippen LogP contribution in [0.4, 0.5) is 0 Å². The first kappa shape index (κ1) is 25.8. The van der Waals surface area contributed by atoms with E-state index in [9.17, 15) is 29.4 Å². The first-order valence-electron chi connectivity index (χ1n) is 12.2. The molecule has 0 aliphatic heterocycles. The van der Waals surface area contributed by atoms with Gasteiger partial charge in [-0.1, -0.05) is 27.4 Å². The summed E-state index contributed by atoms with van der Waals surface area (Å²) in [7, 11) is 0. The normalized spacial score (nSPS) is 45.7. The molecule has 4 rings (SSSR count). The number of carbonyl (C=O) groups excluding carboxylic acids is 4. The Labute approximate surface area is 205 Å². The fraction of sp³-hybridized carbons (Fsp3) is 0.769. The molecule has 1 spiro atoms. The largest absolute Gasteiger partial charge is 0.462 e. The molecule has 35 heavy (non-hydrogen) atoms. The fourth-order valence-corrected chi connectivity index (χ4v) is 8.45. The topological polar surface area (TPSA) is 136 Å². The fourth-order valence-electron chi connectivity index (χ4n) is 8.45. The molecule has 4 fully saturated rings. The summed E-state index contributed by atoms with van der Waals surface area (Å²) in [6, 6.07) is 0. The summed E-state index contributed by atoms with van der Waals surface area (Å²) in [6.45, 7) is 13.2. The van der Waals surface area contributed by atoms with Crippen molar-refractivity contribution in [2.75, 3.05) is 0 Å². The maximum atomic E-state index is 13.9. The molecule has 9 nitrogen and oxygen atoms in total. The van der Waals surface area contributed by atoms with Crippen LogP contribution in [0.25, 0.3) is 0 Å². The van der Waals surface area contributed by atoms with Gasteiger partial charge < -0.3 is 24.4 Å². The average Bonchev–Trinajstić information content (AvgIpc) is 2.90. The summed E-state index contributed by atoms with van der Waals surface area (Å²) in [5, 5.41) is 23.1. The van der Waals surface area contributed by atoms with Gasteiger partial charge in [0.15, 0.2) is 11.9 Å². The van der Waals surface area contributed by atoms with E-state index in [4.69, 9.17) is 14.2 Å². The molecule has 4 saturated carbocycles. The van der Waals surface area contributed by atoms with Crippen LogP contribution in [0.5, 0.6) is 0 Å². The predicted octanol–water partition coefficient (Wildman–Crippen LogP) is 1.72. The van der Waals surface area contributed by atoms with Gasteiger partial charge in [-0.2, -0.15) is 0 Å². The van der Waals surface area contributed by atoms with Gasteiger partial charge in [0.05, 0.1) is 17.6 Å². The summed E-state index contributed by atoms with van der Waals surface area (Å²) in [6.07, 6.45) is -4.48. The maximum absolute atomic E-state index is 13.9. The van der Waals surface area contributed by atoms with Gasteiger partial charge in [0.1, 0.15) is 12.2 Å². The Kier molecular flexibility index (Phi) is 6.00. The lowest BCUT2D eigenvalue weighted by atomic mass is 9.37.